The van der Waals surface area contributed by atoms with Crippen molar-refractivity contribution in [1.29, 1.82) is 0 Å². The van der Waals surface area contributed by atoms with Crippen LogP contribution in [0.5, 0.6) is 0 Å². The topological polar surface area (TPSA) is 329 Å². The van der Waals surface area contributed by atoms with Gasteiger partial charge in [-0.25, -0.2) is 4.79 Å². The Morgan fingerprint density at radius 2 is 1.40 bits per heavy atom. The summed E-state index contributed by atoms with van der Waals surface area (Å²) in [6.45, 7) is 11.3. The Morgan fingerprint density at radius 1 is 0.721 bits per heavy atom. The Kier molecular flexibility index (Phi) is 14.1. The van der Waals surface area contributed by atoms with Crippen LogP contribution in [0.15, 0.2) is 11.6 Å². The molecule has 7 fully saturated rings. The molecule has 0 spiro atoms. The number of hydrogen-bond donors (Lipinski definition) is 11. The maximum atomic E-state index is 13.8. The number of carboxylic acid groups (broad SMARTS) is 2. The van der Waals surface area contributed by atoms with E-state index >= 15 is 0 Å². The van der Waals surface area contributed by atoms with Gasteiger partial charge in [-0.3, -0.25) is 4.79 Å². The molecule has 17 unspecified atom stereocenters. The van der Waals surface area contributed by atoms with Crippen LogP contribution >= 0.6 is 0 Å². The molecule has 11 N–H and O–H groups in total. The minimum atomic E-state index is -2.14. The highest BCUT2D eigenvalue weighted by molar-refractivity contribution is 5.78. The second kappa shape index (κ2) is 18.4. The Labute approximate surface area is 395 Å². The van der Waals surface area contributed by atoms with E-state index in [2.05, 4.69) is 40.7 Å². The van der Waals surface area contributed by atoms with Crippen molar-refractivity contribution in [3.05, 3.63) is 11.6 Å². The van der Waals surface area contributed by atoms with Crippen LogP contribution in [0, 0.1) is 50.2 Å². The highest BCUT2D eigenvalue weighted by Gasteiger charge is 2.72. The van der Waals surface area contributed by atoms with Gasteiger partial charge in [-0.2, -0.15) is 0 Å². The summed E-state index contributed by atoms with van der Waals surface area (Å²) in [6, 6.07) is 0. The van der Waals surface area contributed by atoms with Crippen molar-refractivity contribution >= 4 is 18.2 Å². The lowest BCUT2D eigenvalue weighted by Crippen LogP contribution is -2.69. The summed E-state index contributed by atoms with van der Waals surface area (Å²) < 4.78 is 36.3. The van der Waals surface area contributed by atoms with Gasteiger partial charge < -0.3 is 89.4 Å². The summed E-state index contributed by atoms with van der Waals surface area (Å²) in [5.41, 5.74) is -3.10. The van der Waals surface area contributed by atoms with Gasteiger partial charge in [-0.1, -0.05) is 53.2 Å². The molecule has 0 bridgehead atoms. The molecule has 0 amide bonds. The lowest BCUT2D eigenvalue weighted by atomic mass is 9.33. The standard InChI is InChI=1S/C48H74O20/c1-43(2)13-14-48(42(61)62)23(16-43)22-7-8-27-44(3)11-10-29(45(4,20-51)26(44)9-12-46(27,5)47(22,6)17-28(48)53)65-41-37(68-40-33(57)32(56)31(55)25(19-50)64-40)35(34(58)36(67-41)38(59)60)66-39-30(54)24(52)15-21(18-49)63-39/h7,20-21,23-37,39-41,49-50,52-58H,8-19H2,1-6H3,(H,59,60)(H,61,62)/t21?,23?,24?,25?,26?,27?,28?,29-,30?,31-,32?,33?,34-,35?,36?,37?,39-,40-,41+,44?,45?,46?,47?,48+/m0/s1. The maximum absolute atomic E-state index is 13.8. The first-order chi connectivity index (χ1) is 31.8. The van der Waals surface area contributed by atoms with Crippen LogP contribution in [-0.4, -0.2) is 186 Å². The first-order valence-electron chi connectivity index (χ1n) is 24.3. The molecule has 3 saturated heterocycles. The molecule has 386 valence electrons. The fourth-order valence-corrected chi connectivity index (χ4v) is 15.1. The number of carbonyl (C=O) groups is 3. The molecule has 24 atom stereocenters. The van der Waals surface area contributed by atoms with E-state index in [-0.39, 0.29) is 42.4 Å². The Hall–Kier alpha value is -2.25. The Balaban J connectivity index is 1.13. The molecular weight excluding hydrogens is 897 g/mol. The quantitative estimate of drug-likeness (QED) is 0.0736. The van der Waals surface area contributed by atoms with Gasteiger partial charge in [0.05, 0.1) is 43.0 Å². The van der Waals surface area contributed by atoms with E-state index in [0.29, 0.717) is 44.9 Å². The van der Waals surface area contributed by atoms with Crippen LogP contribution in [0.3, 0.4) is 0 Å². The normalized spacial score (nSPS) is 53.4. The third kappa shape index (κ3) is 7.94. The van der Waals surface area contributed by atoms with Crippen molar-refractivity contribution in [3.8, 4) is 0 Å². The van der Waals surface area contributed by atoms with Gasteiger partial charge in [-0.15, -0.1) is 0 Å². The summed E-state index contributed by atoms with van der Waals surface area (Å²) in [7, 11) is 0. The van der Waals surface area contributed by atoms with Gasteiger partial charge in [0.1, 0.15) is 60.5 Å². The number of aliphatic carboxylic acids is 2. The number of carbonyl (C=O) groups excluding carboxylic acids is 1. The molecule has 5 aliphatic carbocycles. The average molecular weight is 971 g/mol. The van der Waals surface area contributed by atoms with Crippen LogP contribution in [0.25, 0.3) is 0 Å². The molecule has 4 saturated carbocycles. The number of aliphatic hydroxyl groups is 9. The first-order valence-corrected chi connectivity index (χ1v) is 24.3. The largest absolute Gasteiger partial charge is 0.481 e. The Morgan fingerprint density at radius 3 is 2.03 bits per heavy atom. The van der Waals surface area contributed by atoms with Crippen LogP contribution in [0.1, 0.15) is 106 Å². The van der Waals surface area contributed by atoms with Crippen molar-refractivity contribution in [3.63, 3.8) is 0 Å². The van der Waals surface area contributed by atoms with Crippen LogP contribution in [0.4, 0.5) is 0 Å². The number of ether oxygens (including phenoxy) is 6. The van der Waals surface area contributed by atoms with Crippen molar-refractivity contribution in [1.82, 2.24) is 0 Å². The molecule has 0 aromatic carbocycles. The minimum absolute atomic E-state index is 0.0265. The van der Waals surface area contributed by atoms with Gasteiger partial charge >= 0.3 is 11.9 Å². The third-order valence-electron chi connectivity index (χ3n) is 19.2. The lowest BCUT2D eigenvalue weighted by Gasteiger charge is -2.71. The number of carboxylic acids is 2. The fraction of sp³-hybridized carbons (Fsp3) is 0.896. The zero-order chi connectivity index (χ0) is 49.8. The van der Waals surface area contributed by atoms with E-state index in [1.54, 1.807) is 6.92 Å². The van der Waals surface area contributed by atoms with E-state index in [1.165, 1.54) is 0 Å². The van der Waals surface area contributed by atoms with E-state index in [0.717, 1.165) is 11.9 Å². The molecular formula is C48H74O20. The second-order valence-electron chi connectivity index (χ2n) is 23.2. The Bertz CT molecular complexity index is 1930. The smallest absolute Gasteiger partial charge is 0.335 e. The second-order valence-corrected chi connectivity index (χ2v) is 23.2. The minimum Gasteiger partial charge on any atom is -0.481 e. The first kappa shape index (κ1) is 52.1. The van der Waals surface area contributed by atoms with Crippen molar-refractivity contribution < 1.29 is 99.0 Å². The van der Waals surface area contributed by atoms with Gasteiger partial charge in [0.25, 0.3) is 0 Å². The van der Waals surface area contributed by atoms with Gasteiger partial charge in [-0.05, 0) is 97.2 Å². The summed E-state index contributed by atoms with van der Waals surface area (Å²) in [5.74, 6) is -3.36. The molecule has 0 aromatic heterocycles. The summed E-state index contributed by atoms with van der Waals surface area (Å²) >= 11 is 0. The molecule has 68 heavy (non-hydrogen) atoms. The predicted molar refractivity (Wildman–Crippen MR) is 232 cm³/mol. The zero-order valence-corrected chi connectivity index (χ0v) is 39.7. The number of rotatable bonds is 11. The predicted octanol–water partition coefficient (Wildman–Crippen LogP) is -0.0225. The van der Waals surface area contributed by atoms with Gasteiger partial charge in [0.2, 0.25) is 0 Å². The zero-order valence-electron chi connectivity index (χ0n) is 39.7. The van der Waals surface area contributed by atoms with Crippen molar-refractivity contribution in [2.45, 2.75) is 204 Å². The monoisotopic (exact) mass is 970 g/mol. The van der Waals surface area contributed by atoms with E-state index in [9.17, 15) is 70.6 Å². The van der Waals surface area contributed by atoms with Crippen LogP contribution in [-0.2, 0) is 42.8 Å². The molecule has 8 aliphatic rings. The highest BCUT2D eigenvalue weighted by Crippen LogP contribution is 2.76. The molecule has 20 heteroatoms. The SMILES string of the molecule is CC1(C)CC[C@]2(C(=O)O)C(O)CC3(C)C(=CCC4C5(C)CC[C@H](O[C@@H]6OC(C(=O)O)[C@@H](O)C(O[C@@H]7OC(CO)CC(O)C7O)C6O[C@@H]6OC(CO)[C@H](O)C(O)C6O)C(C)(C=O)C5CCC43C)C2C1. The van der Waals surface area contributed by atoms with Gasteiger partial charge in [0, 0.05) is 6.42 Å². The van der Waals surface area contributed by atoms with E-state index in [1.807, 2.05) is 0 Å². The van der Waals surface area contributed by atoms with Crippen LogP contribution < -0.4 is 0 Å². The maximum Gasteiger partial charge on any atom is 0.335 e. The summed E-state index contributed by atoms with van der Waals surface area (Å²) in [5, 5.41) is 119. The number of hydrogen-bond acceptors (Lipinski definition) is 18. The molecule has 0 aromatic rings. The van der Waals surface area contributed by atoms with Crippen LogP contribution in [0.2, 0.25) is 0 Å². The number of fused-ring (bicyclic) bond motifs is 7. The summed E-state index contributed by atoms with van der Waals surface area (Å²) in [4.78, 5) is 39.9. The fourth-order valence-electron chi connectivity index (χ4n) is 15.1. The lowest BCUT2D eigenvalue weighted by molar-refractivity contribution is -0.392. The third-order valence-corrected chi connectivity index (χ3v) is 19.2. The van der Waals surface area contributed by atoms with Gasteiger partial charge in [0.15, 0.2) is 25.0 Å². The average Bonchev–Trinajstić information content (AvgIpc) is 3.27. The van der Waals surface area contributed by atoms with Crippen molar-refractivity contribution in [2.75, 3.05) is 13.2 Å². The molecule has 3 heterocycles. The molecule has 20 nitrogen and oxygen atoms in total. The number of aldehydes is 1. The van der Waals surface area contributed by atoms with E-state index < -0.39 is 150 Å². The number of aliphatic hydroxyl groups excluding tert-OH is 9. The van der Waals surface area contributed by atoms with Crippen molar-refractivity contribution in [2.24, 2.45) is 50.2 Å². The summed E-state index contributed by atoms with van der Waals surface area (Å²) in [6.07, 6.45) is -19.8. The molecule has 8 rings (SSSR count). The highest BCUT2D eigenvalue weighted by atomic mass is 16.8. The number of allylic oxidation sites excluding steroid dienone is 2. The molecule has 3 aliphatic heterocycles. The molecule has 0 radical (unpaired) electrons. The van der Waals surface area contributed by atoms with E-state index in [4.69, 9.17) is 28.4 Å².